The number of anilines is 1. The van der Waals surface area contributed by atoms with Crippen molar-refractivity contribution in [3.05, 3.63) is 28.7 Å². The Bertz CT molecular complexity index is 573. The Labute approximate surface area is 97.6 Å². The van der Waals surface area contributed by atoms with E-state index in [0.29, 0.717) is 12.1 Å². The standard InChI is InChI=1S/C11H15N3O3/c1-14-9-4-8(13-5-7(12)6-15)2-3-10(9)17-11(14)16/h2-4,7,13,15H,5-6,12H2,1H3. The molecule has 0 spiro atoms. The van der Waals surface area contributed by atoms with Crippen molar-refractivity contribution in [3.63, 3.8) is 0 Å². The highest BCUT2D eigenvalue weighted by atomic mass is 16.4. The van der Waals surface area contributed by atoms with Crippen LogP contribution in [0, 0.1) is 0 Å². The number of hydrogen-bond acceptors (Lipinski definition) is 5. The molecular weight excluding hydrogens is 222 g/mol. The van der Waals surface area contributed by atoms with Gasteiger partial charge in [-0.05, 0) is 18.2 Å². The van der Waals surface area contributed by atoms with Crippen molar-refractivity contribution in [1.29, 1.82) is 0 Å². The van der Waals surface area contributed by atoms with Crippen LogP contribution in [0.15, 0.2) is 27.4 Å². The van der Waals surface area contributed by atoms with Gasteiger partial charge < -0.3 is 20.6 Å². The minimum atomic E-state index is -0.385. The number of nitrogens with zero attached hydrogens (tertiary/aromatic N) is 1. The van der Waals surface area contributed by atoms with Crippen LogP contribution < -0.4 is 16.8 Å². The number of aryl methyl sites for hydroxylation is 1. The Morgan fingerprint density at radius 3 is 3.06 bits per heavy atom. The molecule has 0 aliphatic carbocycles. The molecule has 0 bridgehead atoms. The molecule has 0 amide bonds. The van der Waals surface area contributed by atoms with Crippen molar-refractivity contribution in [2.24, 2.45) is 12.8 Å². The summed E-state index contributed by atoms with van der Waals surface area (Å²) in [7, 11) is 1.65. The van der Waals surface area contributed by atoms with E-state index in [1.807, 2.05) is 6.07 Å². The van der Waals surface area contributed by atoms with Crippen molar-refractivity contribution in [1.82, 2.24) is 4.57 Å². The van der Waals surface area contributed by atoms with Gasteiger partial charge in [0.1, 0.15) is 0 Å². The monoisotopic (exact) mass is 237 g/mol. The third kappa shape index (κ3) is 2.32. The third-order valence-electron chi connectivity index (χ3n) is 2.59. The number of rotatable bonds is 4. The van der Waals surface area contributed by atoms with Crippen molar-refractivity contribution in [2.75, 3.05) is 18.5 Å². The number of nitrogens with one attached hydrogen (secondary N) is 1. The zero-order valence-corrected chi connectivity index (χ0v) is 9.51. The van der Waals surface area contributed by atoms with Gasteiger partial charge in [-0.1, -0.05) is 0 Å². The van der Waals surface area contributed by atoms with Crippen LogP contribution in [0.1, 0.15) is 0 Å². The molecule has 4 N–H and O–H groups in total. The van der Waals surface area contributed by atoms with E-state index < -0.39 is 0 Å². The topological polar surface area (TPSA) is 93.4 Å². The molecule has 6 heteroatoms. The van der Waals surface area contributed by atoms with Crippen LogP contribution in [0.3, 0.4) is 0 Å². The number of hydrogen-bond donors (Lipinski definition) is 3. The van der Waals surface area contributed by atoms with Crippen LogP contribution in [0.4, 0.5) is 5.69 Å². The van der Waals surface area contributed by atoms with Gasteiger partial charge >= 0.3 is 5.76 Å². The number of fused-ring (bicyclic) bond motifs is 1. The van der Waals surface area contributed by atoms with Crippen LogP contribution in [0.25, 0.3) is 11.1 Å². The fourth-order valence-corrected chi connectivity index (χ4v) is 1.55. The predicted molar refractivity (Wildman–Crippen MR) is 65.0 cm³/mol. The number of benzene rings is 1. The second-order valence-corrected chi connectivity index (χ2v) is 3.93. The lowest BCUT2D eigenvalue weighted by atomic mass is 10.2. The number of aliphatic hydroxyl groups is 1. The highest BCUT2D eigenvalue weighted by molar-refractivity contribution is 5.77. The molecule has 0 saturated carbocycles. The van der Waals surface area contributed by atoms with Gasteiger partial charge in [0.25, 0.3) is 0 Å². The predicted octanol–water partition coefficient (Wildman–Crippen LogP) is -0.137. The normalized spacial score (nSPS) is 12.9. The van der Waals surface area contributed by atoms with E-state index >= 15 is 0 Å². The molecule has 1 atom stereocenters. The summed E-state index contributed by atoms with van der Waals surface area (Å²) in [6, 6.07) is 5.03. The molecule has 1 aromatic carbocycles. The zero-order valence-electron chi connectivity index (χ0n) is 9.51. The first kappa shape index (κ1) is 11.7. The van der Waals surface area contributed by atoms with Crippen molar-refractivity contribution >= 4 is 16.8 Å². The van der Waals surface area contributed by atoms with Gasteiger partial charge in [-0.25, -0.2) is 4.79 Å². The summed E-state index contributed by atoms with van der Waals surface area (Å²) in [6.07, 6.45) is 0. The zero-order chi connectivity index (χ0) is 12.4. The first-order chi connectivity index (χ1) is 8.11. The fourth-order valence-electron chi connectivity index (χ4n) is 1.55. The summed E-state index contributed by atoms with van der Waals surface area (Å²) in [5.41, 5.74) is 7.68. The highest BCUT2D eigenvalue weighted by Crippen LogP contribution is 2.17. The molecule has 6 nitrogen and oxygen atoms in total. The molecule has 1 heterocycles. The van der Waals surface area contributed by atoms with Gasteiger partial charge in [-0.3, -0.25) is 4.57 Å². The molecular formula is C11H15N3O3. The van der Waals surface area contributed by atoms with Crippen molar-refractivity contribution in [2.45, 2.75) is 6.04 Å². The molecule has 0 fully saturated rings. The molecule has 0 saturated heterocycles. The van der Waals surface area contributed by atoms with Gasteiger partial charge in [-0.2, -0.15) is 0 Å². The summed E-state index contributed by atoms with van der Waals surface area (Å²) in [5, 5.41) is 11.9. The number of nitrogens with two attached hydrogens (primary N) is 1. The van der Waals surface area contributed by atoms with Gasteiger partial charge in [0.05, 0.1) is 12.1 Å². The van der Waals surface area contributed by atoms with Crippen molar-refractivity contribution < 1.29 is 9.52 Å². The van der Waals surface area contributed by atoms with Crippen LogP contribution >= 0.6 is 0 Å². The lowest BCUT2D eigenvalue weighted by molar-refractivity contribution is 0.270. The van der Waals surface area contributed by atoms with E-state index in [1.165, 1.54) is 4.57 Å². The van der Waals surface area contributed by atoms with Crippen LogP contribution in [-0.4, -0.2) is 28.9 Å². The smallest absolute Gasteiger partial charge is 0.408 e. The third-order valence-corrected chi connectivity index (χ3v) is 2.59. The van der Waals surface area contributed by atoms with E-state index in [4.69, 9.17) is 15.3 Å². The average Bonchev–Trinajstić information content (AvgIpc) is 2.62. The summed E-state index contributed by atoms with van der Waals surface area (Å²) < 4.78 is 6.45. The number of aromatic nitrogens is 1. The summed E-state index contributed by atoms with van der Waals surface area (Å²) >= 11 is 0. The maximum atomic E-state index is 11.3. The Hall–Kier alpha value is -1.79. The fraction of sp³-hybridized carbons (Fsp3) is 0.364. The lowest BCUT2D eigenvalue weighted by Gasteiger charge is -2.10. The quantitative estimate of drug-likeness (QED) is 0.688. The second-order valence-electron chi connectivity index (χ2n) is 3.93. The van der Waals surface area contributed by atoms with Gasteiger partial charge in [0, 0.05) is 25.3 Å². The average molecular weight is 237 g/mol. The maximum absolute atomic E-state index is 11.3. The van der Waals surface area contributed by atoms with Gasteiger partial charge in [0.2, 0.25) is 0 Å². The Kier molecular flexibility index (Phi) is 3.16. The molecule has 1 unspecified atom stereocenters. The second kappa shape index (κ2) is 4.60. The van der Waals surface area contributed by atoms with Crippen LogP contribution in [0.2, 0.25) is 0 Å². The van der Waals surface area contributed by atoms with E-state index in [-0.39, 0.29) is 18.4 Å². The number of oxazole rings is 1. The minimum Gasteiger partial charge on any atom is -0.408 e. The first-order valence-corrected chi connectivity index (χ1v) is 5.31. The Morgan fingerprint density at radius 1 is 1.59 bits per heavy atom. The molecule has 17 heavy (non-hydrogen) atoms. The molecule has 0 aliphatic heterocycles. The summed E-state index contributed by atoms with van der Waals surface area (Å²) in [5.74, 6) is -0.385. The first-order valence-electron chi connectivity index (χ1n) is 5.31. The van der Waals surface area contributed by atoms with Crippen molar-refractivity contribution in [3.8, 4) is 0 Å². The SMILES string of the molecule is Cn1c(=O)oc2ccc(NCC(N)CO)cc21. The van der Waals surface area contributed by atoms with Crippen LogP contribution in [0.5, 0.6) is 0 Å². The molecule has 0 radical (unpaired) electrons. The summed E-state index contributed by atoms with van der Waals surface area (Å²) in [4.78, 5) is 11.3. The lowest BCUT2D eigenvalue weighted by Crippen LogP contribution is -2.32. The molecule has 0 aliphatic rings. The van der Waals surface area contributed by atoms with Crippen LogP contribution in [-0.2, 0) is 7.05 Å². The minimum absolute atomic E-state index is 0.0700. The Morgan fingerprint density at radius 2 is 2.35 bits per heavy atom. The molecule has 2 rings (SSSR count). The van der Waals surface area contributed by atoms with E-state index in [2.05, 4.69) is 5.32 Å². The summed E-state index contributed by atoms with van der Waals surface area (Å²) in [6.45, 7) is 0.396. The van der Waals surface area contributed by atoms with Gasteiger partial charge in [-0.15, -0.1) is 0 Å². The number of aliphatic hydroxyl groups excluding tert-OH is 1. The highest BCUT2D eigenvalue weighted by Gasteiger charge is 2.06. The molecule has 1 aromatic heterocycles. The molecule has 92 valence electrons. The van der Waals surface area contributed by atoms with E-state index in [0.717, 1.165) is 11.2 Å². The molecule has 2 aromatic rings. The van der Waals surface area contributed by atoms with Gasteiger partial charge in [0.15, 0.2) is 5.58 Å². The maximum Gasteiger partial charge on any atom is 0.419 e. The van der Waals surface area contributed by atoms with E-state index in [9.17, 15) is 4.79 Å². The van der Waals surface area contributed by atoms with E-state index in [1.54, 1.807) is 19.2 Å². The largest absolute Gasteiger partial charge is 0.419 e. The Balaban J connectivity index is 2.25.